The van der Waals surface area contributed by atoms with Crippen molar-refractivity contribution in [1.82, 2.24) is 20.0 Å². The predicted molar refractivity (Wildman–Crippen MR) is 119 cm³/mol. The van der Waals surface area contributed by atoms with E-state index in [0.29, 0.717) is 11.9 Å². The van der Waals surface area contributed by atoms with Gasteiger partial charge in [-0.25, -0.2) is 4.68 Å². The third kappa shape index (κ3) is 4.07. The fraction of sp³-hybridized carbons (Fsp3) is 0.500. The second kappa shape index (κ2) is 8.63. The standard InChI is InChI=1S/C22H28N4O2S/c1-15-20-19(17-9-5-6-10-18(17)29-20)22(28)26(24-15)16(2)21(27)23-11-14-25-12-7-3-4-8-13-25/h5-6,9-10,16H,3-4,7-8,11-14H2,1-2H3,(H,23,27)/t16-/m0/s1. The van der Waals surface area contributed by atoms with Crippen LogP contribution in [0.15, 0.2) is 29.1 Å². The van der Waals surface area contributed by atoms with Gasteiger partial charge in [0.25, 0.3) is 5.56 Å². The summed E-state index contributed by atoms with van der Waals surface area (Å²) in [6.45, 7) is 7.31. The Bertz CT molecular complexity index is 1080. The van der Waals surface area contributed by atoms with Crippen molar-refractivity contribution in [2.45, 2.75) is 45.6 Å². The Morgan fingerprint density at radius 2 is 1.93 bits per heavy atom. The van der Waals surface area contributed by atoms with E-state index in [9.17, 15) is 9.59 Å². The molecule has 1 aliphatic heterocycles. The number of aryl methyl sites for hydroxylation is 1. The predicted octanol–water partition coefficient (Wildman–Crippen LogP) is 3.47. The van der Waals surface area contributed by atoms with Crippen molar-refractivity contribution in [1.29, 1.82) is 0 Å². The molecule has 154 valence electrons. The van der Waals surface area contributed by atoms with Gasteiger partial charge < -0.3 is 10.2 Å². The quantitative estimate of drug-likeness (QED) is 0.697. The third-order valence-corrected chi connectivity index (χ3v) is 7.06. The molecule has 6 nitrogen and oxygen atoms in total. The summed E-state index contributed by atoms with van der Waals surface area (Å²) < 4.78 is 3.32. The van der Waals surface area contributed by atoms with Gasteiger partial charge in [0, 0.05) is 23.2 Å². The fourth-order valence-corrected chi connectivity index (χ4v) is 5.23. The minimum Gasteiger partial charge on any atom is -0.353 e. The summed E-state index contributed by atoms with van der Waals surface area (Å²) in [5.41, 5.74) is 0.586. The number of fused-ring (bicyclic) bond motifs is 3. The number of amides is 1. The highest BCUT2D eigenvalue weighted by Gasteiger charge is 2.22. The zero-order chi connectivity index (χ0) is 20.4. The van der Waals surface area contributed by atoms with E-state index in [4.69, 9.17) is 0 Å². The number of thiophene rings is 1. The molecule has 7 heteroatoms. The maximum Gasteiger partial charge on any atom is 0.276 e. The van der Waals surface area contributed by atoms with E-state index in [-0.39, 0.29) is 11.5 Å². The SMILES string of the molecule is Cc1nn([C@@H](C)C(=O)NCCN2CCCCCC2)c(=O)c2c1sc1ccccc12. The molecular weight excluding hydrogens is 384 g/mol. The van der Waals surface area contributed by atoms with Gasteiger partial charge in [0.2, 0.25) is 5.91 Å². The van der Waals surface area contributed by atoms with E-state index in [0.717, 1.165) is 40.1 Å². The molecule has 1 N–H and O–H groups in total. The maximum atomic E-state index is 13.2. The number of rotatable bonds is 5. The summed E-state index contributed by atoms with van der Waals surface area (Å²) in [4.78, 5) is 28.3. The molecule has 0 radical (unpaired) electrons. The van der Waals surface area contributed by atoms with E-state index in [1.807, 2.05) is 31.2 Å². The molecule has 0 unspecified atom stereocenters. The zero-order valence-electron chi connectivity index (χ0n) is 17.1. The maximum absolute atomic E-state index is 13.2. The summed E-state index contributed by atoms with van der Waals surface area (Å²) in [5.74, 6) is -0.160. The van der Waals surface area contributed by atoms with Crippen LogP contribution in [0.2, 0.25) is 0 Å². The van der Waals surface area contributed by atoms with Crippen LogP contribution in [-0.2, 0) is 4.79 Å². The molecule has 1 fully saturated rings. The van der Waals surface area contributed by atoms with Crippen LogP contribution in [0.1, 0.15) is 44.3 Å². The second-order valence-electron chi connectivity index (χ2n) is 7.86. The Hall–Kier alpha value is -2.25. The van der Waals surface area contributed by atoms with E-state index in [2.05, 4.69) is 15.3 Å². The summed E-state index contributed by atoms with van der Waals surface area (Å²) in [7, 11) is 0. The van der Waals surface area contributed by atoms with E-state index < -0.39 is 6.04 Å². The molecule has 0 aliphatic carbocycles. The second-order valence-corrected chi connectivity index (χ2v) is 8.91. The number of aromatic nitrogens is 2. The van der Waals surface area contributed by atoms with Crippen molar-refractivity contribution in [3.8, 4) is 0 Å². The number of nitrogens with zero attached hydrogens (tertiary/aromatic N) is 3. The molecule has 1 amide bonds. The monoisotopic (exact) mass is 412 g/mol. The largest absolute Gasteiger partial charge is 0.353 e. The van der Waals surface area contributed by atoms with Crippen LogP contribution < -0.4 is 10.9 Å². The number of hydrogen-bond acceptors (Lipinski definition) is 5. The van der Waals surface area contributed by atoms with Gasteiger partial charge in [-0.1, -0.05) is 31.0 Å². The van der Waals surface area contributed by atoms with Crippen LogP contribution in [-0.4, -0.2) is 46.8 Å². The molecule has 0 saturated carbocycles. The molecule has 1 aliphatic rings. The Kier molecular flexibility index (Phi) is 5.96. The topological polar surface area (TPSA) is 67.2 Å². The lowest BCUT2D eigenvalue weighted by atomic mass is 10.2. The lowest BCUT2D eigenvalue weighted by molar-refractivity contribution is -0.124. The van der Waals surface area contributed by atoms with Crippen molar-refractivity contribution < 1.29 is 4.79 Å². The normalized spacial score (nSPS) is 16.8. The minimum atomic E-state index is -0.645. The average Bonchev–Trinajstić information content (AvgIpc) is 2.93. The Morgan fingerprint density at radius 3 is 2.69 bits per heavy atom. The highest BCUT2D eigenvalue weighted by Crippen LogP contribution is 2.32. The number of carbonyl (C=O) groups excluding carboxylic acids is 1. The fourth-order valence-electron chi connectivity index (χ4n) is 4.10. The lowest BCUT2D eigenvalue weighted by Gasteiger charge is -2.21. The number of carbonyl (C=O) groups is 1. The molecule has 4 rings (SSSR count). The molecule has 0 bridgehead atoms. The van der Waals surface area contributed by atoms with Crippen molar-refractivity contribution >= 4 is 37.4 Å². The number of likely N-dealkylation sites (tertiary alicyclic amines) is 1. The van der Waals surface area contributed by atoms with Gasteiger partial charge in [0.05, 0.1) is 15.8 Å². The first-order chi connectivity index (χ1) is 14.1. The summed E-state index contributed by atoms with van der Waals surface area (Å²) in [6.07, 6.45) is 5.07. The van der Waals surface area contributed by atoms with Gasteiger partial charge in [-0.3, -0.25) is 9.59 Å². The van der Waals surface area contributed by atoms with Crippen molar-refractivity contribution in [3.05, 3.63) is 40.3 Å². The molecule has 29 heavy (non-hydrogen) atoms. The molecule has 0 spiro atoms. The van der Waals surface area contributed by atoms with Crippen molar-refractivity contribution in [3.63, 3.8) is 0 Å². The highest BCUT2D eigenvalue weighted by atomic mass is 32.1. The lowest BCUT2D eigenvalue weighted by Crippen LogP contribution is -2.41. The van der Waals surface area contributed by atoms with Gasteiger partial charge >= 0.3 is 0 Å². The Labute approximate surface area is 174 Å². The van der Waals surface area contributed by atoms with Crippen LogP contribution in [0.5, 0.6) is 0 Å². The molecule has 1 aromatic carbocycles. The van der Waals surface area contributed by atoms with Crippen molar-refractivity contribution in [2.75, 3.05) is 26.2 Å². The summed E-state index contributed by atoms with van der Waals surface area (Å²) in [6, 6.07) is 7.24. The zero-order valence-corrected chi connectivity index (χ0v) is 17.9. The van der Waals surface area contributed by atoms with Gasteiger partial charge in [0.1, 0.15) is 6.04 Å². The third-order valence-electron chi connectivity index (χ3n) is 5.78. The number of benzene rings is 1. The molecule has 2 aromatic heterocycles. The summed E-state index contributed by atoms with van der Waals surface area (Å²) >= 11 is 1.58. The minimum absolute atomic E-state index is 0.160. The van der Waals surface area contributed by atoms with Crippen LogP contribution in [0, 0.1) is 6.92 Å². The first kappa shape index (κ1) is 20.0. The smallest absolute Gasteiger partial charge is 0.276 e. The molecular formula is C22H28N4O2S. The van der Waals surface area contributed by atoms with Crippen LogP contribution >= 0.6 is 11.3 Å². The highest BCUT2D eigenvalue weighted by molar-refractivity contribution is 7.26. The van der Waals surface area contributed by atoms with Crippen LogP contribution in [0.3, 0.4) is 0 Å². The number of hydrogen-bond donors (Lipinski definition) is 1. The molecule has 3 heterocycles. The van der Waals surface area contributed by atoms with Crippen LogP contribution in [0.25, 0.3) is 20.2 Å². The van der Waals surface area contributed by atoms with Gasteiger partial charge in [-0.05, 0) is 45.8 Å². The first-order valence-corrected chi connectivity index (χ1v) is 11.3. The van der Waals surface area contributed by atoms with Crippen molar-refractivity contribution in [2.24, 2.45) is 0 Å². The van der Waals surface area contributed by atoms with Gasteiger partial charge in [-0.15, -0.1) is 11.3 Å². The summed E-state index contributed by atoms with van der Waals surface area (Å²) in [5, 5.41) is 9.07. The Balaban J connectivity index is 1.52. The van der Waals surface area contributed by atoms with Gasteiger partial charge in [0.15, 0.2) is 0 Å². The van der Waals surface area contributed by atoms with Crippen LogP contribution in [0.4, 0.5) is 0 Å². The average molecular weight is 413 g/mol. The van der Waals surface area contributed by atoms with Gasteiger partial charge in [-0.2, -0.15) is 5.10 Å². The van der Waals surface area contributed by atoms with E-state index in [1.165, 1.54) is 30.4 Å². The number of nitrogens with one attached hydrogen (secondary N) is 1. The first-order valence-electron chi connectivity index (χ1n) is 10.5. The molecule has 1 atom stereocenters. The molecule has 1 saturated heterocycles. The van der Waals surface area contributed by atoms with E-state index >= 15 is 0 Å². The van der Waals surface area contributed by atoms with E-state index in [1.54, 1.807) is 18.3 Å². The Morgan fingerprint density at radius 1 is 1.21 bits per heavy atom. The molecule has 3 aromatic rings.